The number of nitrogens with zero attached hydrogens (tertiary/aromatic N) is 1. The van der Waals surface area contributed by atoms with Gasteiger partial charge in [-0.05, 0) is 32.6 Å². The van der Waals surface area contributed by atoms with Crippen LogP contribution in [0.3, 0.4) is 0 Å². The third-order valence-electron chi connectivity index (χ3n) is 3.11. The number of likely N-dealkylation sites (tertiary alicyclic amines) is 1. The molecule has 0 spiro atoms. The highest BCUT2D eigenvalue weighted by molar-refractivity contribution is 4.97. The molecule has 14 heavy (non-hydrogen) atoms. The Hall–Kier alpha value is -0.110. The lowest BCUT2D eigenvalue weighted by atomic mass is 9.83. The number of hydrogen-bond acceptors (Lipinski definition) is 1. The van der Waals surface area contributed by atoms with E-state index in [-0.39, 0.29) is 11.0 Å². The van der Waals surface area contributed by atoms with Crippen molar-refractivity contribution in [1.29, 1.82) is 0 Å². The minimum Gasteiger partial charge on any atom is -0.292 e. The fourth-order valence-electron chi connectivity index (χ4n) is 2.35. The highest BCUT2D eigenvalue weighted by atomic mass is 19.1. The molecule has 0 amide bonds. The molecule has 0 aromatic heterocycles. The second-order valence-corrected chi connectivity index (χ2v) is 6.54. The minimum absolute atomic E-state index is 0.0821. The fraction of sp³-hybridized carbons (Fsp3) is 1.00. The number of halogens is 1. The molecule has 84 valence electrons. The summed E-state index contributed by atoms with van der Waals surface area (Å²) in [5.41, 5.74) is 0.257. The van der Waals surface area contributed by atoms with E-state index in [0.29, 0.717) is 19.0 Å². The van der Waals surface area contributed by atoms with Gasteiger partial charge < -0.3 is 0 Å². The first-order chi connectivity index (χ1) is 6.12. The van der Waals surface area contributed by atoms with Crippen molar-refractivity contribution in [3.63, 3.8) is 0 Å². The van der Waals surface area contributed by atoms with Gasteiger partial charge in [0.1, 0.15) is 6.17 Å². The summed E-state index contributed by atoms with van der Waals surface area (Å²) in [5, 5.41) is 0. The van der Waals surface area contributed by atoms with E-state index >= 15 is 0 Å². The maximum Gasteiger partial charge on any atom is 0.114 e. The monoisotopic (exact) mass is 201 g/mol. The SMILES string of the molecule is CC(C)(C)C1C[C@@H](F)CN1C(C)(C)C. The van der Waals surface area contributed by atoms with Gasteiger partial charge in [-0.2, -0.15) is 0 Å². The molecule has 1 aliphatic rings. The van der Waals surface area contributed by atoms with E-state index in [4.69, 9.17) is 0 Å². The quantitative estimate of drug-likeness (QED) is 0.581. The largest absolute Gasteiger partial charge is 0.292 e. The number of rotatable bonds is 0. The summed E-state index contributed by atoms with van der Waals surface area (Å²) >= 11 is 0. The molecule has 2 heteroatoms. The minimum atomic E-state index is -0.640. The van der Waals surface area contributed by atoms with Crippen molar-refractivity contribution in [2.45, 2.75) is 65.7 Å². The van der Waals surface area contributed by atoms with Gasteiger partial charge in [-0.25, -0.2) is 4.39 Å². The van der Waals surface area contributed by atoms with Crippen LogP contribution in [0.25, 0.3) is 0 Å². The third kappa shape index (κ3) is 2.47. The van der Waals surface area contributed by atoms with Crippen molar-refractivity contribution < 1.29 is 4.39 Å². The van der Waals surface area contributed by atoms with Gasteiger partial charge in [0.05, 0.1) is 0 Å². The van der Waals surface area contributed by atoms with Crippen molar-refractivity contribution >= 4 is 0 Å². The van der Waals surface area contributed by atoms with Crippen molar-refractivity contribution in [1.82, 2.24) is 4.90 Å². The van der Waals surface area contributed by atoms with Crippen LogP contribution in [0.2, 0.25) is 0 Å². The molecular weight excluding hydrogens is 177 g/mol. The van der Waals surface area contributed by atoms with Crippen LogP contribution in [-0.4, -0.2) is 29.2 Å². The molecule has 1 unspecified atom stereocenters. The Morgan fingerprint density at radius 1 is 1.07 bits per heavy atom. The summed E-state index contributed by atoms with van der Waals surface area (Å²) in [7, 11) is 0. The highest BCUT2D eigenvalue weighted by Gasteiger charge is 2.43. The van der Waals surface area contributed by atoms with Crippen molar-refractivity contribution in [2.75, 3.05) is 6.54 Å². The van der Waals surface area contributed by atoms with Gasteiger partial charge in [-0.15, -0.1) is 0 Å². The summed E-state index contributed by atoms with van der Waals surface area (Å²) in [5.74, 6) is 0. The third-order valence-corrected chi connectivity index (χ3v) is 3.11. The van der Waals surface area contributed by atoms with E-state index in [1.54, 1.807) is 0 Å². The normalized spacial score (nSPS) is 31.1. The zero-order valence-corrected chi connectivity index (χ0v) is 10.4. The van der Waals surface area contributed by atoms with Gasteiger partial charge in [0.15, 0.2) is 0 Å². The Morgan fingerprint density at radius 3 is 1.86 bits per heavy atom. The standard InChI is InChI=1S/C12H24FN/c1-11(2,3)10-7-9(13)8-14(10)12(4,5)6/h9-10H,7-8H2,1-6H3/t9-,10?/m1/s1. The Balaban J connectivity index is 2.84. The molecule has 0 saturated carbocycles. The van der Waals surface area contributed by atoms with Crippen LogP contribution in [-0.2, 0) is 0 Å². The Morgan fingerprint density at radius 2 is 1.57 bits per heavy atom. The van der Waals surface area contributed by atoms with Gasteiger partial charge in [0.2, 0.25) is 0 Å². The van der Waals surface area contributed by atoms with Crippen LogP contribution in [0.15, 0.2) is 0 Å². The molecule has 0 radical (unpaired) electrons. The molecule has 1 rings (SSSR count). The Labute approximate surface area is 87.7 Å². The van der Waals surface area contributed by atoms with Crippen LogP contribution >= 0.6 is 0 Å². The molecule has 1 fully saturated rings. The van der Waals surface area contributed by atoms with E-state index in [2.05, 4.69) is 46.4 Å². The first-order valence-electron chi connectivity index (χ1n) is 5.53. The Kier molecular flexibility index (Phi) is 2.97. The summed E-state index contributed by atoms with van der Waals surface area (Å²) in [6.45, 7) is 13.7. The molecule has 2 atom stereocenters. The maximum absolute atomic E-state index is 13.4. The predicted octanol–water partition coefficient (Wildman–Crippen LogP) is 3.24. The smallest absolute Gasteiger partial charge is 0.114 e. The Bertz CT molecular complexity index is 177. The highest BCUT2D eigenvalue weighted by Crippen LogP contribution is 2.37. The zero-order valence-electron chi connectivity index (χ0n) is 10.4. The average molecular weight is 201 g/mol. The molecule has 1 heterocycles. The van der Waals surface area contributed by atoms with Gasteiger partial charge >= 0.3 is 0 Å². The molecule has 0 aromatic carbocycles. The lowest BCUT2D eigenvalue weighted by Crippen LogP contribution is -2.49. The van der Waals surface area contributed by atoms with E-state index in [1.807, 2.05) is 0 Å². The lowest BCUT2D eigenvalue weighted by molar-refractivity contribution is 0.0570. The lowest BCUT2D eigenvalue weighted by Gasteiger charge is -2.42. The number of alkyl halides is 1. The van der Waals surface area contributed by atoms with E-state index in [9.17, 15) is 4.39 Å². The number of hydrogen-bond donors (Lipinski definition) is 0. The maximum atomic E-state index is 13.4. The summed E-state index contributed by atoms with van der Waals surface area (Å²) in [4.78, 5) is 2.32. The molecule has 1 aliphatic heterocycles. The summed E-state index contributed by atoms with van der Waals surface area (Å²) in [6.07, 6.45) is 0.0549. The summed E-state index contributed by atoms with van der Waals surface area (Å²) in [6, 6.07) is 0.373. The summed E-state index contributed by atoms with van der Waals surface area (Å²) < 4.78 is 13.4. The molecule has 0 aromatic rings. The van der Waals surface area contributed by atoms with E-state index in [1.165, 1.54) is 0 Å². The van der Waals surface area contributed by atoms with Crippen LogP contribution in [0, 0.1) is 5.41 Å². The van der Waals surface area contributed by atoms with Crippen molar-refractivity contribution in [3.05, 3.63) is 0 Å². The molecular formula is C12H24FN. The first kappa shape index (κ1) is 12.0. The second-order valence-electron chi connectivity index (χ2n) is 6.54. The topological polar surface area (TPSA) is 3.24 Å². The average Bonchev–Trinajstić information content (AvgIpc) is 2.27. The van der Waals surface area contributed by atoms with E-state index < -0.39 is 6.17 Å². The van der Waals surface area contributed by atoms with E-state index in [0.717, 1.165) is 0 Å². The van der Waals surface area contributed by atoms with Crippen LogP contribution in [0.1, 0.15) is 48.0 Å². The molecule has 1 nitrogen and oxygen atoms in total. The molecule has 1 saturated heterocycles. The van der Waals surface area contributed by atoms with Gasteiger partial charge in [0, 0.05) is 18.1 Å². The molecule has 0 N–H and O–H groups in total. The fourth-order valence-corrected chi connectivity index (χ4v) is 2.35. The van der Waals surface area contributed by atoms with Gasteiger partial charge in [0.25, 0.3) is 0 Å². The molecule has 0 aliphatic carbocycles. The van der Waals surface area contributed by atoms with Gasteiger partial charge in [-0.1, -0.05) is 20.8 Å². The predicted molar refractivity (Wildman–Crippen MR) is 59.2 cm³/mol. The van der Waals surface area contributed by atoms with Crippen LogP contribution < -0.4 is 0 Å². The second kappa shape index (κ2) is 3.48. The van der Waals surface area contributed by atoms with Gasteiger partial charge in [-0.3, -0.25) is 4.90 Å². The van der Waals surface area contributed by atoms with Crippen LogP contribution in [0.5, 0.6) is 0 Å². The molecule has 0 bridgehead atoms. The van der Waals surface area contributed by atoms with Crippen molar-refractivity contribution in [3.8, 4) is 0 Å². The first-order valence-corrected chi connectivity index (χ1v) is 5.53. The zero-order chi connectivity index (χ0) is 11.1. The van der Waals surface area contributed by atoms with Crippen molar-refractivity contribution in [2.24, 2.45) is 5.41 Å². The van der Waals surface area contributed by atoms with Crippen LogP contribution in [0.4, 0.5) is 4.39 Å².